The third-order valence-electron chi connectivity index (χ3n) is 4.80. The van der Waals surface area contributed by atoms with Gasteiger partial charge in [-0.15, -0.1) is 0 Å². The Morgan fingerprint density at radius 1 is 1.28 bits per heavy atom. The van der Waals surface area contributed by atoms with Crippen molar-refractivity contribution in [1.82, 2.24) is 14.9 Å². The summed E-state index contributed by atoms with van der Waals surface area (Å²) in [5, 5.41) is 10.9. The highest BCUT2D eigenvalue weighted by molar-refractivity contribution is 5.91. The number of nitrogen functional groups attached to an aromatic ring is 1. The van der Waals surface area contributed by atoms with Crippen molar-refractivity contribution in [3.8, 4) is 17.4 Å². The van der Waals surface area contributed by atoms with Crippen LogP contribution in [0.5, 0.6) is 17.4 Å². The molecule has 1 atom stereocenters. The van der Waals surface area contributed by atoms with Gasteiger partial charge in [-0.05, 0) is 57.9 Å². The van der Waals surface area contributed by atoms with E-state index in [2.05, 4.69) is 15.3 Å². The highest BCUT2D eigenvalue weighted by Crippen LogP contribution is 2.29. The zero-order valence-corrected chi connectivity index (χ0v) is 18.8. The second kappa shape index (κ2) is 9.71. The Morgan fingerprint density at radius 2 is 1.97 bits per heavy atom. The number of rotatable bonds is 7. The summed E-state index contributed by atoms with van der Waals surface area (Å²) in [4.78, 5) is 22.7. The lowest BCUT2D eigenvalue weighted by Crippen LogP contribution is -2.42. The van der Waals surface area contributed by atoms with E-state index in [4.69, 9.17) is 25.4 Å². The molecule has 0 bridgehead atoms. The first-order chi connectivity index (χ1) is 15.2. The monoisotopic (exact) mass is 442 g/mol. The van der Waals surface area contributed by atoms with E-state index >= 15 is 0 Å². The van der Waals surface area contributed by atoms with Gasteiger partial charge in [-0.2, -0.15) is 4.98 Å². The van der Waals surface area contributed by atoms with Gasteiger partial charge in [0.1, 0.15) is 22.8 Å². The van der Waals surface area contributed by atoms with Crippen molar-refractivity contribution < 1.29 is 19.0 Å². The average Bonchev–Trinajstić information content (AvgIpc) is 3.21. The summed E-state index contributed by atoms with van der Waals surface area (Å²) in [6.07, 6.45) is 2.96. The molecule has 4 N–H and O–H groups in total. The summed E-state index contributed by atoms with van der Waals surface area (Å²) >= 11 is 0. The number of methoxy groups -OCH3 is 1. The van der Waals surface area contributed by atoms with E-state index in [1.165, 1.54) is 6.20 Å². The van der Waals surface area contributed by atoms with Gasteiger partial charge >= 0.3 is 6.09 Å². The number of hydrogen-bond acceptors (Lipinski definition) is 8. The number of amidine groups is 1. The highest BCUT2D eigenvalue weighted by Gasteiger charge is 2.32. The Morgan fingerprint density at radius 3 is 2.59 bits per heavy atom. The standard InChI is InChI=1S/C22H30N6O4/c1-22(2,3)32-21(29)28-11-5-6-14(28)12-25-17-13-26-19(18(23)24)27-20(17)31-16-9-7-15(30-4)8-10-16/h7-10,13-14,25H,5-6,11-12H2,1-4H3,(H3,23,24)/t14-/m0/s1. The Labute approximate surface area is 187 Å². The molecule has 0 saturated carbocycles. The smallest absolute Gasteiger partial charge is 0.410 e. The third-order valence-corrected chi connectivity index (χ3v) is 4.80. The summed E-state index contributed by atoms with van der Waals surface area (Å²) in [5.41, 5.74) is 5.53. The molecule has 0 unspecified atom stereocenters. The highest BCUT2D eigenvalue weighted by atomic mass is 16.6. The molecule has 1 saturated heterocycles. The number of carbonyl (C=O) groups excluding carboxylic acids is 1. The molecule has 0 radical (unpaired) electrons. The van der Waals surface area contributed by atoms with Crippen LogP contribution in [0.4, 0.5) is 10.5 Å². The molecule has 1 aromatic heterocycles. The summed E-state index contributed by atoms with van der Waals surface area (Å²) in [6, 6.07) is 7.00. The second-order valence-corrected chi connectivity index (χ2v) is 8.45. The van der Waals surface area contributed by atoms with E-state index in [1.807, 2.05) is 20.8 Å². The van der Waals surface area contributed by atoms with Crippen molar-refractivity contribution in [2.24, 2.45) is 5.73 Å². The minimum atomic E-state index is -0.548. The van der Waals surface area contributed by atoms with Crippen LogP contribution >= 0.6 is 0 Å². The predicted molar refractivity (Wildman–Crippen MR) is 121 cm³/mol. The van der Waals surface area contributed by atoms with E-state index in [-0.39, 0.29) is 29.7 Å². The number of benzene rings is 1. The zero-order chi connectivity index (χ0) is 23.3. The Bertz CT molecular complexity index is 958. The van der Waals surface area contributed by atoms with Gasteiger partial charge in [-0.25, -0.2) is 9.78 Å². The first-order valence-electron chi connectivity index (χ1n) is 10.4. The second-order valence-electron chi connectivity index (χ2n) is 8.45. The molecule has 1 amide bonds. The van der Waals surface area contributed by atoms with Crippen molar-refractivity contribution in [2.75, 3.05) is 25.5 Å². The van der Waals surface area contributed by atoms with E-state index in [1.54, 1.807) is 36.3 Å². The van der Waals surface area contributed by atoms with E-state index in [9.17, 15) is 4.79 Å². The van der Waals surface area contributed by atoms with E-state index < -0.39 is 5.60 Å². The molecule has 10 heteroatoms. The first kappa shape index (κ1) is 23.1. The topological polar surface area (TPSA) is 136 Å². The van der Waals surface area contributed by atoms with Crippen LogP contribution in [0.3, 0.4) is 0 Å². The normalized spacial score (nSPS) is 15.9. The zero-order valence-electron chi connectivity index (χ0n) is 18.8. The molecular weight excluding hydrogens is 412 g/mol. The molecule has 2 heterocycles. The summed E-state index contributed by atoms with van der Waals surface area (Å²) in [6.45, 7) is 6.68. The van der Waals surface area contributed by atoms with Gasteiger partial charge in [0.25, 0.3) is 0 Å². The van der Waals surface area contributed by atoms with Gasteiger partial charge in [-0.3, -0.25) is 5.41 Å². The fraction of sp³-hybridized carbons (Fsp3) is 0.455. The summed E-state index contributed by atoms with van der Waals surface area (Å²) in [7, 11) is 1.59. The van der Waals surface area contributed by atoms with Gasteiger partial charge in [0.15, 0.2) is 11.7 Å². The molecule has 2 aromatic rings. The molecule has 32 heavy (non-hydrogen) atoms. The maximum Gasteiger partial charge on any atom is 0.410 e. The number of hydrogen-bond donors (Lipinski definition) is 3. The van der Waals surface area contributed by atoms with E-state index in [0.29, 0.717) is 30.3 Å². The lowest BCUT2D eigenvalue weighted by Gasteiger charge is -2.29. The van der Waals surface area contributed by atoms with Crippen molar-refractivity contribution in [3.05, 3.63) is 36.3 Å². The predicted octanol–water partition coefficient (Wildman–Crippen LogP) is 3.37. The lowest BCUT2D eigenvalue weighted by atomic mass is 10.2. The van der Waals surface area contributed by atoms with Crippen molar-refractivity contribution >= 4 is 17.6 Å². The third kappa shape index (κ3) is 5.99. The number of anilines is 1. The lowest BCUT2D eigenvalue weighted by molar-refractivity contribution is 0.0235. The maximum absolute atomic E-state index is 12.5. The van der Waals surface area contributed by atoms with Gasteiger partial charge in [0.2, 0.25) is 5.88 Å². The molecule has 1 aromatic carbocycles. The molecule has 0 spiro atoms. The number of aromatic nitrogens is 2. The molecule has 10 nitrogen and oxygen atoms in total. The van der Waals surface area contributed by atoms with Crippen LogP contribution in [0.1, 0.15) is 39.4 Å². The van der Waals surface area contributed by atoms with Crippen LogP contribution in [0, 0.1) is 5.41 Å². The van der Waals surface area contributed by atoms with Crippen molar-refractivity contribution in [2.45, 2.75) is 45.3 Å². The van der Waals surface area contributed by atoms with E-state index in [0.717, 1.165) is 12.8 Å². The number of nitrogens with two attached hydrogens (primary N) is 1. The summed E-state index contributed by atoms with van der Waals surface area (Å²) < 4.78 is 16.6. The van der Waals surface area contributed by atoms with Crippen molar-refractivity contribution in [1.29, 1.82) is 5.41 Å². The molecule has 1 aliphatic rings. The molecule has 0 aliphatic carbocycles. The van der Waals surface area contributed by atoms with Crippen LogP contribution in [-0.2, 0) is 4.74 Å². The van der Waals surface area contributed by atoms with Crippen LogP contribution in [0.25, 0.3) is 0 Å². The molecular formula is C22H30N6O4. The molecule has 1 aliphatic heterocycles. The SMILES string of the molecule is COc1ccc(Oc2nc(C(=N)N)ncc2NC[C@@H]2CCCN2C(=O)OC(C)(C)C)cc1. The van der Waals surface area contributed by atoms with Crippen molar-refractivity contribution in [3.63, 3.8) is 0 Å². The fourth-order valence-electron chi connectivity index (χ4n) is 3.29. The number of carbonyl (C=O) groups is 1. The number of nitrogens with zero attached hydrogens (tertiary/aromatic N) is 3. The van der Waals surface area contributed by atoms with Gasteiger partial charge < -0.3 is 30.2 Å². The largest absolute Gasteiger partial charge is 0.497 e. The van der Waals surface area contributed by atoms with Crippen LogP contribution in [0.15, 0.2) is 30.5 Å². The number of ether oxygens (including phenoxy) is 3. The number of amides is 1. The first-order valence-corrected chi connectivity index (χ1v) is 10.4. The number of nitrogens with one attached hydrogen (secondary N) is 2. The minimum absolute atomic E-state index is 0.0360. The van der Waals surface area contributed by atoms with Crippen LogP contribution in [0.2, 0.25) is 0 Å². The van der Waals surface area contributed by atoms with Crippen LogP contribution in [-0.4, -0.2) is 58.6 Å². The van der Waals surface area contributed by atoms with Crippen LogP contribution < -0.4 is 20.5 Å². The molecule has 172 valence electrons. The Kier molecular flexibility index (Phi) is 7.01. The maximum atomic E-state index is 12.5. The summed E-state index contributed by atoms with van der Waals surface area (Å²) in [5.74, 6) is 1.28. The number of likely N-dealkylation sites (tertiary alicyclic amines) is 1. The quantitative estimate of drug-likeness (QED) is 0.439. The average molecular weight is 443 g/mol. The molecule has 3 rings (SSSR count). The van der Waals surface area contributed by atoms with Gasteiger partial charge in [0.05, 0.1) is 19.3 Å². The Hall–Kier alpha value is -3.56. The Balaban J connectivity index is 1.75. The minimum Gasteiger partial charge on any atom is -0.497 e. The molecule has 1 fully saturated rings. The fourth-order valence-corrected chi connectivity index (χ4v) is 3.29. The van der Waals surface area contributed by atoms with Gasteiger partial charge in [-0.1, -0.05) is 0 Å². The van der Waals surface area contributed by atoms with Gasteiger partial charge in [0, 0.05) is 13.1 Å².